The van der Waals surface area contributed by atoms with E-state index in [0.717, 1.165) is 6.67 Å². The Morgan fingerprint density at radius 3 is 2.55 bits per heavy atom. The van der Waals surface area contributed by atoms with E-state index in [-0.39, 0.29) is 0 Å². The summed E-state index contributed by atoms with van der Waals surface area (Å²) in [4.78, 5) is 4.93. The Morgan fingerprint density at radius 1 is 1.09 bits per heavy atom. The molecule has 0 radical (unpaired) electrons. The Hall–Kier alpha value is -0.0800. The smallest absolute Gasteiger partial charge is 0.0503 e. The highest BCUT2D eigenvalue weighted by atomic mass is 15.3. The van der Waals surface area contributed by atoms with Gasteiger partial charge in [0.15, 0.2) is 0 Å². The molecule has 0 aliphatic carbocycles. The molecule has 0 amide bonds. The third kappa shape index (κ3) is 3.21. The first-order valence-electron chi connectivity index (χ1n) is 4.74. The van der Waals surface area contributed by atoms with E-state index >= 15 is 0 Å². The standard InChI is InChI=1S/C9H20N2/c1-3-11-8-6-4-5-7-10(2)9-11/h3-9H2,1-2H3. The molecule has 0 bridgehead atoms. The van der Waals surface area contributed by atoms with Gasteiger partial charge >= 0.3 is 0 Å². The SMILES string of the molecule is CCN1CCCCCN(C)C1. The molecule has 2 nitrogen and oxygen atoms in total. The molecule has 1 aliphatic rings. The fourth-order valence-corrected chi connectivity index (χ4v) is 1.63. The second kappa shape index (κ2) is 4.73. The van der Waals surface area contributed by atoms with Crippen LogP contribution in [0.1, 0.15) is 26.2 Å². The van der Waals surface area contributed by atoms with Gasteiger partial charge in [-0.25, -0.2) is 0 Å². The minimum absolute atomic E-state index is 1.16. The fourth-order valence-electron chi connectivity index (χ4n) is 1.63. The fraction of sp³-hybridized carbons (Fsp3) is 1.00. The highest BCUT2D eigenvalue weighted by molar-refractivity contribution is 4.61. The van der Waals surface area contributed by atoms with Crippen molar-refractivity contribution in [3.8, 4) is 0 Å². The summed E-state index contributed by atoms with van der Waals surface area (Å²) in [6.45, 7) is 7.17. The molecule has 0 aromatic heterocycles. The number of hydrogen-bond donors (Lipinski definition) is 0. The molecule has 2 heteroatoms. The monoisotopic (exact) mass is 156 g/mol. The van der Waals surface area contributed by atoms with Gasteiger partial charge in [0.1, 0.15) is 0 Å². The van der Waals surface area contributed by atoms with Crippen LogP contribution in [0.2, 0.25) is 0 Å². The first kappa shape index (κ1) is 9.01. The summed E-state index contributed by atoms with van der Waals surface area (Å²) in [6.07, 6.45) is 4.18. The van der Waals surface area contributed by atoms with Crippen LogP contribution in [0.4, 0.5) is 0 Å². The lowest BCUT2D eigenvalue weighted by molar-refractivity contribution is 0.141. The van der Waals surface area contributed by atoms with Gasteiger partial charge in [0, 0.05) is 0 Å². The third-order valence-corrected chi connectivity index (χ3v) is 2.40. The largest absolute Gasteiger partial charge is 0.294 e. The van der Waals surface area contributed by atoms with Crippen molar-refractivity contribution in [2.24, 2.45) is 0 Å². The average molecular weight is 156 g/mol. The Labute approximate surface area is 70.2 Å². The molecule has 1 rings (SSSR count). The molecule has 0 N–H and O–H groups in total. The Morgan fingerprint density at radius 2 is 1.82 bits per heavy atom. The van der Waals surface area contributed by atoms with Gasteiger partial charge < -0.3 is 0 Å². The first-order chi connectivity index (χ1) is 5.33. The van der Waals surface area contributed by atoms with E-state index in [1.54, 1.807) is 0 Å². The summed E-state index contributed by atoms with van der Waals surface area (Å²) in [7, 11) is 2.22. The number of hydrogen-bond acceptors (Lipinski definition) is 2. The molecule has 0 unspecified atom stereocenters. The van der Waals surface area contributed by atoms with E-state index in [0.29, 0.717) is 0 Å². The van der Waals surface area contributed by atoms with E-state index in [4.69, 9.17) is 0 Å². The van der Waals surface area contributed by atoms with Crippen LogP contribution in [0.3, 0.4) is 0 Å². The van der Waals surface area contributed by atoms with Crippen LogP contribution in [0.5, 0.6) is 0 Å². The van der Waals surface area contributed by atoms with Crippen molar-refractivity contribution in [3.63, 3.8) is 0 Å². The third-order valence-electron chi connectivity index (χ3n) is 2.40. The van der Waals surface area contributed by atoms with E-state index in [1.165, 1.54) is 38.9 Å². The highest BCUT2D eigenvalue weighted by Gasteiger charge is 2.08. The lowest BCUT2D eigenvalue weighted by atomic mass is 10.2. The van der Waals surface area contributed by atoms with E-state index in [2.05, 4.69) is 23.8 Å². The predicted octanol–water partition coefficient (Wildman–Crippen LogP) is 1.38. The summed E-state index contributed by atoms with van der Waals surface area (Å²) < 4.78 is 0. The van der Waals surface area contributed by atoms with Gasteiger partial charge in [-0.2, -0.15) is 0 Å². The zero-order chi connectivity index (χ0) is 8.10. The van der Waals surface area contributed by atoms with Gasteiger partial charge in [-0.15, -0.1) is 0 Å². The lowest BCUT2D eigenvalue weighted by Crippen LogP contribution is -2.38. The maximum Gasteiger partial charge on any atom is 0.0503 e. The molecule has 0 spiro atoms. The maximum atomic E-state index is 2.51. The summed E-state index contributed by atoms with van der Waals surface area (Å²) >= 11 is 0. The minimum Gasteiger partial charge on any atom is -0.294 e. The van der Waals surface area contributed by atoms with Gasteiger partial charge in [0.05, 0.1) is 6.67 Å². The predicted molar refractivity (Wildman–Crippen MR) is 48.6 cm³/mol. The maximum absolute atomic E-state index is 2.51. The molecular weight excluding hydrogens is 136 g/mol. The lowest BCUT2D eigenvalue weighted by Gasteiger charge is -2.29. The molecule has 11 heavy (non-hydrogen) atoms. The Bertz CT molecular complexity index is 104. The van der Waals surface area contributed by atoms with Crippen molar-refractivity contribution in [1.82, 2.24) is 9.80 Å². The van der Waals surface area contributed by atoms with Gasteiger partial charge in [0.2, 0.25) is 0 Å². The molecule has 0 aromatic carbocycles. The molecule has 1 heterocycles. The van der Waals surface area contributed by atoms with Crippen LogP contribution in [-0.2, 0) is 0 Å². The van der Waals surface area contributed by atoms with Crippen LogP contribution >= 0.6 is 0 Å². The van der Waals surface area contributed by atoms with Gasteiger partial charge in [0.25, 0.3) is 0 Å². The van der Waals surface area contributed by atoms with Gasteiger partial charge in [-0.1, -0.05) is 13.3 Å². The van der Waals surface area contributed by atoms with Crippen molar-refractivity contribution < 1.29 is 0 Å². The normalized spacial score (nSPS) is 24.5. The molecular formula is C9H20N2. The Balaban J connectivity index is 2.29. The summed E-state index contributed by atoms with van der Waals surface area (Å²) in [5.74, 6) is 0. The molecule has 1 saturated heterocycles. The van der Waals surface area contributed by atoms with E-state index in [9.17, 15) is 0 Å². The molecule has 1 fully saturated rings. The summed E-state index contributed by atoms with van der Waals surface area (Å²) in [6, 6.07) is 0. The van der Waals surface area contributed by atoms with Crippen molar-refractivity contribution in [3.05, 3.63) is 0 Å². The highest BCUT2D eigenvalue weighted by Crippen LogP contribution is 2.05. The van der Waals surface area contributed by atoms with Crippen molar-refractivity contribution in [1.29, 1.82) is 0 Å². The second-order valence-corrected chi connectivity index (χ2v) is 3.49. The Kier molecular flexibility index (Phi) is 3.87. The molecule has 1 aliphatic heterocycles. The topological polar surface area (TPSA) is 6.48 Å². The first-order valence-corrected chi connectivity index (χ1v) is 4.74. The van der Waals surface area contributed by atoms with Gasteiger partial charge in [-0.05, 0) is 39.5 Å². The van der Waals surface area contributed by atoms with Crippen molar-refractivity contribution in [2.75, 3.05) is 33.4 Å². The summed E-state index contributed by atoms with van der Waals surface area (Å²) in [5.41, 5.74) is 0. The van der Waals surface area contributed by atoms with Crippen LogP contribution in [0.15, 0.2) is 0 Å². The van der Waals surface area contributed by atoms with Gasteiger partial charge in [-0.3, -0.25) is 9.80 Å². The number of nitrogens with zero attached hydrogens (tertiary/aromatic N) is 2. The molecule has 0 atom stereocenters. The van der Waals surface area contributed by atoms with E-state index in [1.807, 2.05) is 0 Å². The van der Waals surface area contributed by atoms with Crippen molar-refractivity contribution in [2.45, 2.75) is 26.2 Å². The number of rotatable bonds is 1. The average Bonchev–Trinajstić information content (AvgIpc) is 1.96. The zero-order valence-corrected chi connectivity index (χ0v) is 7.84. The molecule has 0 aromatic rings. The van der Waals surface area contributed by atoms with Crippen LogP contribution in [-0.4, -0.2) is 43.2 Å². The van der Waals surface area contributed by atoms with E-state index < -0.39 is 0 Å². The quantitative estimate of drug-likeness (QED) is 0.566. The second-order valence-electron chi connectivity index (χ2n) is 3.49. The van der Waals surface area contributed by atoms with Crippen molar-refractivity contribution >= 4 is 0 Å². The van der Waals surface area contributed by atoms with Crippen LogP contribution in [0, 0.1) is 0 Å². The molecule has 0 saturated carbocycles. The summed E-state index contributed by atoms with van der Waals surface area (Å²) in [5, 5.41) is 0. The minimum atomic E-state index is 1.16. The van der Waals surface area contributed by atoms with Crippen LogP contribution in [0.25, 0.3) is 0 Å². The van der Waals surface area contributed by atoms with Crippen LogP contribution < -0.4 is 0 Å². The molecule has 66 valence electrons. The zero-order valence-electron chi connectivity index (χ0n) is 7.84.